The van der Waals surface area contributed by atoms with Crippen molar-refractivity contribution in [3.63, 3.8) is 0 Å². The molecule has 196 valence electrons. The minimum Gasteiger partial charge on any atom is -0.395 e. The summed E-state index contributed by atoms with van der Waals surface area (Å²) in [5, 5.41) is 8.46. The third-order valence-corrected chi connectivity index (χ3v) is 7.22. The molecule has 0 aromatic rings. The molecule has 32 heavy (non-hydrogen) atoms. The molecule has 0 bridgehead atoms. The lowest BCUT2D eigenvalue weighted by Crippen LogP contribution is -2.25. The van der Waals surface area contributed by atoms with E-state index in [4.69, 9.17) is 10.00 Å². The number of aliphatic hydroxyl groups excluding tert-OH is 1. The fourth-order valence-corrected chi connectivity index (χ4v) is 4.76. The highest BCUT2D eigenvalue weighted by atomic mass is 32.2. The third kappa shape index (κ3) is 32.6. The summed E-state index contributed by atoms with van der Waals surface area (Å²) >= 11 is 1.94. The number of unbranched alkanes of at least 4 members (excludes halogenated alkanes) is 13. The normalized spacial score (nSPS) is 12.1. The highest BCUT2D eigenvalue weighted by molar-refractivity contribution is 7.99. The van der Waals surface area contributed by atoms with E-state index in [1.54, 1.807) is 0 Å². The Labute approximate surface area is 205 Å². The second-order valence-electron chi connectivity index (χ2n) is 8.43. The molecule has 5 nitrogen and oxygen atoms in total. The number of nitrogens with zero attached hydrogens (tertiary/aromatic N) is 1. The first-order chi connectivity index (χ1) is 15.6. The van der Waals surface area contributed by atoms with E-state index in [0.717, 1.165) is 31.8 Å². The molecule has 0 rings (SSSR count). The molecule has 0 aliphatic heterocycles. The van der Waals surface area contributed by atoms with Gasteiger partial charge in [0.1, 0.15) is 0 Å². The van der Waals surface area contributed by atoms with Crippen LogP contribution in [-0.2, 0) is 9.09 Å². The summed E-state index contributed by atoms with van der Waals surface area (Å²) in [4.78, 5) is 10.7. The maximum Gasteiger partial charge on any atom is 0.316 e. The number of aliphatic hydroxyl groups is 1. The van der Waals surface area contributed by atoms with E-state index in [-0.39, 0.29) is 6.61 Å². The molecule has 1 unspecified atom stereocenters. The van der Waals surface area contributed by atoms with E-state index < -0.39 is 8.25 Å². The van der Waals surface area contributed by atoms with Gasteiger partial charge in [0, 0.05) is 6.54 Å². The lowest BCUT2D eigenvalue weighted by atomic mass is 10.0. The average Bonchev–Trinajstić information content (AvgIpc) is 2.79. The zero-order valence-electron chi connectivity index (χ0n) is 21.6. The summed E-state index contributed by atoms with van der Waals surface area (Å²) in [6, 6.07) is 0. The largest absolute Gasteiger partial charge is 0.395 e. The van der Waals surface area contributed by atoms with Crippen molar-refractivity contribution < 1.29 is 19.1 Å². The van der Waals surface area contributed by atoms with Crippen LogP contribution in [0.25, 0.3) is 0 Å². The Bertz CT molecular complexity index is 361. The van der Waals surface area contributed by atoms with Gasteiger partial charge in [0.15, 0.2) is 0 Å². The molecule has 0 saturated heterocycles. The predicted octanol–water partition coefficient (Wildman–Crippen LogP) is 7.31. The molecule has 0 heterocycles. The van der Waals surface area contributed by atoms with Crippen LogP contribution < -0.4 is 0 Å². The summed E-state index contributed by atoms with van der Waals surface area (Å²) in [5.41, 5.74) is 0. The molecule has 2 N–H and O–H groups in total. The molecule has 7 heteroatoms. The van der Waals surface area contributed by atoms with Crippen LogP contribution in [0.15, 0.2) is 0 Å². The fraction of sp³-hybridized carbons (Fsp3) is 1.00. The van der Waals surface area contributed by atoms with Gasteiger partial charge in [0.25, 0.3) is 0 Å². The Morgan fingerprint density at radius 1 is 0.719 bits per heavy atom. The van der Waals surface area contributed by atoms with Crippen LogP contribution in [0.1, 0.15) is 117 Å². The van der Waals surface area contributed by atoms with Crippen molar-refractivity contribution in [3.05, 3.63) is 0 Å². The third-order valence-electron chi connectivity index (χ3n) is 5.61. The number of hydrogen-bond acceptors (Lipinski definition) is 5. The van der Waals surface area contributed by atoms with Gasteiger partial charge in [0.05, 0.1) is 13.2 Å². The maximum absolute atomic E-state index is 10.3. The monoisotopic (exact) mass is 497 g/mol. The zero-order chi connectivity index (χ0) is 24.1. The van der Waals surface area contributed by atoms with Crippen molar-refractivity contribution in [1.82, 2.24) is 4.90 Å². The zero-order valence-corrected chi connectivity index (χ0v) is 23.4. The van der Waals surface area contributed by atoms with Crippen molar-refractivity contribution in [2.24, 2.45) is 0 Å². The van der Waals surface area contributed by atoms with Crippen LogP contribution in [-0.4, -0.2) is 59.3 Å². The first kappa shape index (κ1) is 34.6. The quantitative estimate of drug-likeness (QED) is 0.108. The molecule has 0 saturated carbocycles. The standard InChI is InChI=1S/C19H41O3PS.C6H15NO/c1-2-3-4-5-6-7-8-9-10-11-12-13-14-15-18-24-19-16-17-22-23(20)21;1-3-7(4-2)5-6-8/h23H,2-19H2,1H3,(H,20,21);8H,3-6H2,1-2H3. The molecule has 0 aliphatic rings. The number of thioether (sulfide) groups is 1. The van der Waals surface area contributed by atoms with E-state index in [2.05, 4.69) is 30.2 Å². The van der Waals surface area contributed by atoms with Gasteiger partial charge in [-0.05, 0) is 37.4 Å². The molecule has 0 aromatic carbocycles. The minimum atomic E-state index is -2.72. The second kappa shape index (κ2) is 31.4. The van der Waals surface area contributed by atoms with Gasteiger partial charge >= 0.3 is 8.25 Å². The van der Waals surface area contributed by atoms with Crippen molar-refractivity contribution in [2.45, 2.75) is 117 Å². The first-order valence-corrected chi connectivity index (χ1v) is 15.8. The Kier molecular flexibility index (Phi) is 34.0. The van der Waals surface area contributed by atoms with Gasteiger partial charge in [-0.15, -0.1) is 0 Å². The molecule has 0 spiro atoms. The molecular weight excluding hydrogens is 441 g/mol. The molecule has 1 atom stereocenters. The number of likely N-dealkylation sites (N-methyl/N-ethyl adjacent to an activating group) is 1. The minimum absolute atomic E-state index is 0.279. The van der Waals surface area contributed by atoms with Crippen molar-refractivity contribution in [2.75, 3.05) is 44.4 Å². The molecule has 0 aromatic heterocycles. The molecule has 0 amide bonds. The van der Waals surface area contributed by atoms with Gasteiger partial charge in [-0.2, -0.15) is 11.8 Å². The summed E-state index contributed by atoms with van der Waals surface area (Å²) in [7, 11) is -2.72. The van der Waals surface area contributed by atoms with Crippen molar-refractivity contribution in [3.8, 4) is 0 Å². The van der Waals surface area contributed by atoms with E-state index in [0.29, 0.717) is 6.61 Å². The van der Waals surface area contributed by atoms with Crippen LogP contribution >= 0.6 is 20.0 Å². The van der Waals surface area contributed by atoms with Gasteiger partial charge in [-0.3, -0.25) is 4.57 Å². The van der Waals surface area contributed by atoms with Crippen LogP contribution in [0.3, 0.4) is 0 Å². The Hall–Kier alpha value is 0.420. The number of hydrogen-bond donors (Lipinski definition) is 2. The summed E-state index contributed by atoms with van der Waals surface area (Å²) in [5.74, 6) is 2.25. The summed E-state index contributed by atoms with van der Waals surface area (Å²) in [6.07, 6.45) is 20.6. The van der Waals surface area contributed by atoms with E-state index in [1.807, 2.05) is 11.8 Å². The molecule has 0 fully saturated rings. The average molecular weight is 498 g/mol. The SMILES string of the molecule is CCCCCCCCCCCCCCCCSCCCO[PH](=O)O.CCN(CC)CCO. The van der Waals surface area contributed by atoms with E-state index in [1.165, 1.54) is 95.6 Å². The van der Waals surface area contributed by atoms with Crippen LogP contribution in [0, 0.1) is 0 Å². The first-order valence-electron chi connectivity index (χ1n) is 13.4. The highest BCUT2D eigenvalue weighted by Crippen LogP contribution is 2.16. The Morgan fingerprint density at radius 3 is 1.53 bits per heavy atom. The molecule has 0 aliphatic carbocycles. The van der Waals surface area contributed by atoms with E-state index in [9.17, 15) is 4.57 Å². The van der Waals surface area contributed by atoms with Crippen LogP contribution in [0.5, 0.6) is 0 Å². The molecule has 0 radical (unpaired) electrons. The van der Waals surface area contributed by atoms with Gasteiger partial charge in [-0.1, -0.05) is 104 Å². The lowest BCUT2D eigenvalue weighted by molar-refractivity contribution is 0.208. The second-order valence-corrected chi connectivity index (χ2v) is 10.5. The van der Waals surface area contributed by atoms with Gasteiger partial charge in [0.2, 0.25) is 0 Å². The van der Waals surface area contributed by atoms with Crippen LogP contribution in [0.2, 0.25) is 0 Å². The Morgan fingerprint density at radius 2 is 1.16 bits per heavy atom. The number of rotatable bonds is 24. The summed E-state index contributed by atoms with van der Waals surface area (Å²) < 4.78 is 15.0. The molecular formula is C25H56NO4PS. The van der Waals surface area contributed by atoms with E-state index >= 15 is 0 Å². The van der Waals surface area contributed by atoms with Crippen molar-refractivity contribution in [1.29, 1.82) is 0 Å². The van der Waals surface area contributed by atoms with Crippen LogP contribution in [0.4, 0.5) is 0 Å². The predicted molar refractivity (Wildman–Crippen MR) is 144 cm³/mol. The topological polar surface area (TPSA) is 70.0 Å². The summed E-state index contributed by atoms with van der Waals surface area (Å²) in [6.45, 7) is 10.1. The Balaban J connectivity index is 0. The van der Waals surface area contributed by atoms with Crippen molar-refractivity contribution >= 4 is 20.0 Å². The van der Waals surface area contributed by atoms with Gasteiger partial charge < -0.3 is 19.4 Å². The maximum atomic E-state index is 10.3. The lowest BCUT2D eigenvalue weighted by Gasteiger charge is -2.15. The smallest absolute Gasteiger partial charge is 0.316 e. The fourth-order valence-electron chi connectivity index (χ4n) is 3.50. The highest BCUT2D eigenvalue weighted by Gasteiger charge is 1.96. The van der Waals surface area contributed by atoms with Gasteiger partial charge in [-0.25, -0.2) is 0 Å².